The van der Waals surface area contributed by atoms with Gasteiger partial charge in [0.15, 0.2) is 0 Å². The molecule has 284 valence electrons. The second kappa shape index (κ2) is 17.5. The van der Waals surface area contributed by atoms with E-state index < -0.39 is 31.3 Å². The van der Waals surface area contributed by atoms with Gasteiger partial charge in [-0.15, -0.1) is 0 Å². The van der Waals surface area contributed by atoms with Gasteiger partial charge in [-0.05, 0) is 0 Å². The molecule has 9 rings (SSSR count). The summed E-state index contributed by atoms with van der Waals surface area (Å²) < 4.78 is 1.29. The van der Waals surface area contributed by atoms with E-state index in [9.17, 15) is 0 Å². The van der Waals surface area contributed by atoms with Crippen molar-refractivity contribution >= 4 is 40.0 Å². The maximum atomic E-state index is 2.78. The van der Waals surface area contributed by atoms with Gasteiger partial charge >= 0.3 is 339 Å². The van der Waals surface area contributed by atoms with E-state index in [4.69, 9.17) is 0 Å². The van der Waals surface area contributed by atoms with E-state index in [1.165, 1.54) is 108 Å². The van der Waals surface area contributed by atoms with Crippen LogP contribution in [0.1, 0.15) is 108 Å². The van der Waals surface area contributed by atoms with E-state index in [0.717, 1.165) is 0 Å². The van der Waals surface area contributed by atoms with Gasteiger partial charge in [0.1, 0.15) is 0 Å². The van der Waals surface area contributed by atoms with E-state index in [1.54, 1.807) is 22.3 Å². The van der Waals surface area contributed by atoms with Crippen LogP contribution in [0.15, 0.2) is 132 Å². The number of hydrogen-bond acceptors (Lipinski definition) is 0. The standard InChI is InChI=1S/C52H54Si.2ClH.Zr/c1-5-7-9-11-23-41-35-39-27-19-33-47(45-31-17-25-37-21-13-15-29-43(37)45)49(39)51(41)53(3,4)52-42(24-12-10-8-6-2)36-40-28-20-34-48(50(40)52)46-32-18-26-38-22-14-16-30-44(38)46;;;/h13-22,25-36H,5-12,23-24H2,1-4H3;2*1H;/q;;;+2/p-2. The molecular formula is C52H54Cl2SiZr. The third-order valence-corrected chi connectivity index (χ3v) is 21.5. The van der Waals surface area contributed by atoms with Crippen molar-refractivity contribution < 1.29 is 48.0 Å². The van der Waals surface area contributed by atoms with Crippen LogP contribution in [0.25, 0.3) is 54.2 Å². The first-order valence-corrected chi connectivity index (χ1v) is 26.8. The Morgan fingerprint density at radius 1 is 0.446 bits per heavy atom. The zero-order chi connectivity index (χ0) is 36.8. The summed E-state index contributed by atoms with van der Waals surface area (Å²) in [7, 11) is -2.29. The third kappa shape index (κ3) is 7.00. The Morgan fingerprint density at radius 2 is 0.839 bits per heavy atom. The van der Waals surface area contributed by atoms with Gasteiger partial charge in [-0.1, -0.05) is 0 Å². The molecule has 0 nitrogen and oxygen atoms in total. The van der Waals surface area contributed by atoms with Crippen LogP contribution in [0.4, 0.5) is 0 Å². The first kappa shape index (κ1) is 41.2. The van der Waals surface area contributed by atoms with Crippen molar-refractivity contribution in [2.24, 2.45) is 0 Å². The van der Waals surface area contributed by atoms with E-state index in [1.807, 2.05) is 21.5 Å². The molecule has 6 aromatic carbocycles. The molecule has 4 heteroatoms. The molecule has 0 spiro atoms. The Hall–Kier alpha value is -3.00. The summed E-state index contributed by atoms with van der Waals surface area (Å²) in [4.78, 5) is 0. The first-order chi connectivity index (χ1) is 26.5. The number of benzene rings is 6. The van der Waals surface area contributed by atoms with E-state index in [2.05, 4.69) is 148 Å². The molecule has 4 bridgehead atoms. The van der Waals surface area contributed by atoms with Gasteiger partial charge in [0, 0.05) is 0 Å². The van der Waals surface area contributed by atoms with Gasteiger partial charge in [-0.25, -0.2) is 0 Å². The number of unbranched alkanes of at least 4 members (excludes halogenated alkanes) is 6. The molecule has 0 radical (unpaired) electrons. The van der Waals surface area contributed by atoms with E-state index >= 15 is 0 Å². The Balaban J connectivity index is 0.00000240. The van der Waals surface area contributed by atoms with Gasteiger partial charge in [0.2, 0.25) is 0 Å². The van der Waals surface area contributed by atoms with Gasteiger partial charge in [-0.3, -0.25) is 0 Å². The summed E-state index contributed by atoms with van der Waals surface area (Å²) >= 11 is -1.06. The molecule has 56 heavy (non-hydrogen) atoms. The van der Waals surface area contributed by atoms with Crippen LogP contribution < -0.4 is 24.8 Å². The molecule has 1 heterocycles. The maximum Gasteiger partial charge on any atom is -1.00 e. The number of halogens is 2. The molecule has 0 saturated heterocycles. The second-order valence-corrected chi connectivity index (χ2v) is 24.6. The van der Waals surface area contributed by atoms with Gasteiger partial charge in [0.25, 0.3) is 0 Å². The van der Waals surface area contributed by atoms with Gasteiger partial charge in [-0.2, -0.15) is 0 Å². The fraction of sp³-hybridized carbons (Fsp3) is 0.308. The van der Waals surface area contributed by atoms with Crippen LogP contribution in [0.5, 0.6) is 0 Å². The van der Waals surface area contributed by atoms with Crippen molar-refractivity contribution in [1.82, 2.24) is 0 Å². The monoisotopic (exact) mass is 866 g/mol. The zero-order valence-corrected chi connectivity index (χ0v) is 38.5. The summed E-state index contributed by atoms with van der Waals surface area (Å²) in [6, 6.07) is 47.1. The molecular weight excluding hydrogens is 815 g/mol. The average molecular weight is 869 g/mol. The van der Waals surface area contributed by atoms with Gasteiger partial charge < -0.3 is 24.8 Å². The minimum absolute atomic E-state index is 0. The quantitative estimate of drug-likeness (QED) is 0.0850. The molecule has 2 unspecified atom stereocenters. The minimum Gasteiger partial charge on any atom is -1.00 e. The minimum atomic E-state index is -2.29. The van der Waals surface area contributed by atoms with Crippen LogP contribution in [-0.4, -0.2) is 8.07 Å². The van der Waals surface area contributed by atoms with Crippen LogP contribution in [0.2, 0.25) is 13.1 Å². The number of allylic oxidation sites excluding steroid dienone is 2. The normalized spacial score (nSPS) is 17.4. The molecule has 1 aliphatic heterocycles. The van der Waals surface area contributed by atoms with Crippen LogP contribution >= 0.6 is 0 Å². The summed E-state index contributed by atoms with van der Waals surface area (Å²) in [6.07, 6.45) is 13.2. The molecule has 0 aromatic heterocycles. The average Bonchev–Trinajstić information content (AvgIpc) is 3.72. The van der Waals surface area contributed by atoms with Crippen molar-refractivity contribution in [2.75, 3.05) is 0 Å². The number of fused-ring (bicyclic) bond motifs is 10. The summed E-state index contributed by atoms with van der Waals surface area (Å²) in [5, 5.41) is 9.10. The molecule has 3 aliphatic rings. The predicted octanol–water partition coefficient (Wildman–Crippen LogP) is 9.48. The maximum absolute atomic E-state index is 2.78. The summed E-state index contributed by atoms with van der Waals surface area (Å²) in [6.45, 7) is 10.3. The fourth-order valence-electron chi connectivity index (χ4n) is 10.7. The molecule has 2 aliphatic carbocycles. The molecule has 0 saturated carbocycles. The summed E-state index contributed by atoms with van der Waals surface area (Å²) in [5.41, 5.74) is 16.2. The number of rotatable bonds is 12. The Bertz CT molecular complexity index is 2280. The smallest absolute Gasteiger partial charge is 1.00 e. The van der Waals surface area contributed by atoms with Crippen molar-refractivity contribution in [3.63, 3.8) is 0 Å². The SMILES string of the molecule is CCCCCCC1=C2c3c(-c4cccc5ccccc45)cccc3[CH]1[Zr+2][CH]1C(CCCCCC)=C(c3c(-c4cccc5ccccc45)cccc31)[Si]2(C)C.[Cl-].[Cl-]. The largest absolute Gasteiger partial charge is 1.00 e. The van der Waals surface area contributed by atoms with Crippen molar-refractivity contribution in [3.8, 4) is 22.3 Å². The Labute approximate surface area is 360 Å². The van der Waals surface area contributed by atoms with Crippen LogP contribution in [-0.2, 0) is 23.2 Å². The van der Waals surface area contributed by atoms with E-state index in [-0.39, 0.29) is 24.8 Å². The first-order valence-electron chi connectivity index (χ1n) is 21.0. The number of hydrogen-bond donors (Lipinski definition) is 0. The Kier molecular flexibility index (Phi) is 12.8. The second-order valence-electron chi connectivity index (χ2n) is 16.7. The molecule has 0 fully saturated rings. The molecule has 2 atom stereocenters. The van der Waals surface area contributed by atoms with Gasteiger partial charge in [0.05, 0.1) is 0 Å². The van der Waals surface area contributed by atoms with Crippen LogP contribution in [0.3, 0.4) is 0 Å². The topological polar surface area (TPSA) is 0 Å². The third-order valence-electron chi connectivity index (χ3n) is 13.0. The van der Waals surface area contributed by atoms with Crippen molar-refractivity contribution in [3.05, 3.63) is 155 Å². The molecule has 6 aromatic rings. The summed E-state index contributed by atoms with van der Waals surface area (Å²) in [5.74, 6) is 0. The van der Waals surface area contributed by atoms with E-state index in [0.29, 0.717) is 7.25 Å². The van der Waals surface area contributed by atoms with Crippen molar-refractivity contribution in [1.29, 1.82) is 0 Å². The van der Waals surface area contributed by atoms with Crippen molar-refractivity contribution in [2.45, 2.75) is 98.4 Å². The fourth-order valence-corrected chi connectivity index (χ4v) is 20.9. The van der Waals surface area contributed by atoms with Crippen LogP contribution in [0, 0.1) is 0 Å². The molecule has 0 amide bonds. The molecule has 0 N–H and O–H groups in total. The predicted molar refractivity (Wildman–Crippen MR) is 233 cm³/mol. The zero-order valence-electron chi connectivity index (χ0n) is 33.5. The Morgan fingerprint density at radius 3 is 1.29 bits per heavy atom.